The summed E-state index contributed by atoms with van der Waals surface area (Å²) in [6, 6.07) is 0.115. The molecule has 80 valence electrons. The van der Waals surface area contributed by atoms with Crippen molar-refractivity contribution in [3.63, 3.8) is 0 Å². The highest BCUT2D eigenvalue weighted by atomic mass is 19.2. The van der Waals surface area contributed by atoms with Gasteiger partial charge < -0.3 is 10.2 Å². The molecule has 1 aromatic rings. The highest BCUT2D eigenvalue weighted by Gasteiger charge is 2.26. The molecule has 2 N–H and O–H groups in total. The largest absolute Gasteiger partial charge is 0.478 e. The summed E-state index contributed by atoms with van der Waals surface area (Å²) in [5.41, 5.74) is -2.54. The van der Waals surface area contributed by atoms with Crippen LogP contribution in [0.25, 0.3) is 0 Å². The summed E-state index contributed by atoms with van der Waals surface area (Å²) in [5, 5.41) is 16.9. The van der Waals surface area contributed by atoms with Crippen molar-refractivity contribution in [2.45, 2.75) is 0 Å². The molecule has 0 aliphatic carbocycles. The van der Waals surface area contributed by atoms with Crippen molar-refractivity contribution < 1.29 is 33.0 Å². The average Bonchev–Trinajstić information content (AvgIpc) is 2.12. The van der Waals surface area contributed by atoms with Crippen LogP contribution in [-0.4, -0.2) is 22.2 Å². The Morgan fingerprint density at radius 3 is 1.93 bits per heavy atom. The lowest BCUT2D eigenvalue weighted by Crippen LogP contribution is -2.13. The Kier molecular flexibility index (Phi) is 2.65. The quantitative estimate of drug-likeness (QED) is 0.740. The van der Waals surface area contributed by atoms with Crippen molar-refractivity contribution in [3.8, 4) is 0 Å². The summed E-state index contributed by atoms with van der Waals surface area (Å²) in [4.78, 5) is 20.8. The Morgan fingerprint density at radius 2 is 1.53 bits per heavy atom. The third-order valence-corrected chi connectivity index (χ3v) is 1.61. The van der Waals surface area contributed by atoms with Crippen LogP contribution in [0, 0.1) is 17.5 Å². The lowest BCUT2D eigenvalue weighted by Gasteiger charge is -2.04. The zero-order valence-electron chi connectivity index (χ0n) is 6.92. The molecule has 0 saturated heterocycles. The van der Waals surface area contributed by atoms with E-state index >= 15 is 0 Å². The second-order valence-electron chi connectivity index (χ2n) is 2.52. The average molecular weight is 220 g/mol. The molecule has 0 fully saturated rings. The Bertz CT molecular complexity index is 456. The number of hydrogen-bond donors (Lipinski definition) is 2. The molecule has 0 aliphatic rings. The minimum atomic E-state index is -2.03. The van der Waals surface area contributed by atoms with Gasteiger partial charge in [-0.15, -0.1) is 0 Å². The first kappa shape index (κ1) is 11.0. The highest BCUT2D eigenvalue weighted by Crippen LogP contribution is 2.20. The zero-order valence-corrected chi connectivity index (χ0v) is 6.92. The normalized spacial score (nSPS) is 10.1. The van der Waals surface area contributed by atoms with Crippen LogP contribution in [0.2, 0.25) is 0 Å². The van der Waals surface area contributed by atoms with E-state index in [1.807, 2.05) is 0 Å². The molecular formula is C8H3F3O4. The van der Waals surface area contributed by atoms with E-state index in [2.05, 4.69) is 0 Å². The van der Waals surface area contributed by atoms with E-state index in [0.717, 1.165) is 0 Å². The second kappa shape index (κ2) is 3.60. The zero-order chi connectivity index (χ0) is 11.7. The van der Waals surface area contributed by atoms with E-state index in [0.29, 0.717) is 0 Å². The standard InChI is InChI=1S/C8H3F3O4/c9-3-1-2(7(12)13)4(8(14)15)6(11)5(3)10/h1H,(H,12,13)(H,14,15). The van der Waals surface area contributed by atoms with Gasteiger partial charge in [0.05, 0.1) is 5.56 Å². The van der Waals surface area contributed by atoms with Gasteiger partial charge in [-0.1, -0.05) is 0 Å². The summed E-state index contributed by atoms with van der Waals surface area (Å²) in [7, 11) is 0. The van der Waals surface area contributed by atoms with Gasteiger partial charge in [0.2, 0.25) is 0 Å². The number of halogens is 3. The van der Waals surface area contributed by atoms with Crippen LogP contribution in [0.1, 0.15) is 20.7 Å². The molecule has 0 amide bonds. The van der Waals surface area contributed by atoms with E-state index in [4.69, 9.17) is 10.2 Å². The predicted octanol–water partition coefficient (Wildman–Crippen LogP) is 1.50. The van der Waals surface area contributed by atoms with Crippen molar-refractivity contribution in [3.05, 3.63) is 34.6 Å². The van der Waals surface area contributed by atoms with Crippen LogP contribution < -0.4 is 0 Å². The van der Waals surface area contributed by atoms with E-state index in [1.54, 1.807) is 0 Å². The van der Waals surface area contributed by atoms with Crippen molar-refractivity contribution >= 4 is 11.9 Å². The lowest BCUT2D eigenvalue weighted by molar-refractivity contribution is 0.0645. The number of carboxylic acids is 2. The molecule has 15 heavy (non-hydrogen) atoms. The van der Waals surface area contributed by atoms with Crippen LogP contribution in [0.5, 0.6) is 0 Å². The van der Waals surface area contributed by atoms with E-state index in [-0.39, 0.29) is 6.07 Å². The number of carbonyl (C=O) groups is 2. The number of carboxylic acid groups (broad SMARTS) is 2. The minimum Gasteiger partial charge on any atom is -0.478 e. The maximum absolute atomic E-state index is 12.9. The van der Waals surface area contributed by atoms with Crippen LogP contribution in [-0.2, 0) is 0 Å². The maximum atomic E-state index is 12.9. The van der Waals surface area contributed by atoms with Gasteiger partial charge in [0.15, 0.2) is 17.5 Å². The molecule has 0 atom stereocenters. The Balaban J connectivity index is 3.65. The predicted molar refractivity (Wildman–Crippen MR) is 40.2 cm³/mol. The molecule has 0 spiro atoms. The van der Waals surface area contributed by atoms with Gasteiger partial charge in [-0.25, -0.2) is 22.8 Å². The monoisotopic (exact) mass is 220 g/mol. The van der Waals surface area contributed by atoms with Crippen LogP contribution in [0.4, 0.5) is 13.2 Å². The summed E-state index contributed by atoms with van der Waals surface area (Å²) in [6.45, 7) is 0. The molecule has 4 nitrogen and oxygen atoms in total. The Hall–Kier alpha value is -2.05. The van der Waals surface area contributed by atoms with Gasteiger partial charge in [-0.05, 0) is 6.07 Å². The van der Waals surface area contributed by atoms with Gasteiger partial charge in [0, 0.05) is 0 Å². The third-order valence-electron chi connectivity index (χ3n) is 1.61. The summed E-state index contributed by atoms with van der Waals surface area (Å²) in [5.74, 6) is -9.64. The van der Waals surface area contributed by atoms with Gasteiger partial charge in [0.1, 0.15) is 5.56 Å². The van der Waals surface area contributed by atoms with E-state index in [9.17, 15) is 22.8 Å². The Labute approximate surface area is 80.6 Å². The van der Waals surface area contributed by atoms with Crippen molar-refractivity contribution in [1.29, 1.82) is 0 Å². The number of rotatable bonds is 2. The lowest BCUT2D eigenvalue weighted by atomic mass is 10.1. The van der Waals surface area contributed by atoms with Crippen LogP contribution in [0.3, 0.4) is 0 Å². The molecule has 0 heterocycles. The third kappa shape index (κ3) is 1.76. The van der Waals surface area contributed by atoms with Gasteiger partial charge in [-0.2, -0.15) is 0 Å². The number of aromatic carboxylic acids is 2. The summed E-state index contributed by atoms with van der Waals surface area (Å²) >= 11 is 0. The fourth-order valence-electron chi connectivity index (χ4n) is 0.973. The van der Waals surface area contributed by atoms with Gasteiger partial charge >= 0.3 is 11.9 Å². The summed E-state index contributed by atoms with van der Waals surface area (Å²) in [6.07, 6.45) is 0. The molecule has 0 aliphatic heterocycles. The van der Waals surface area contributed by atoms with Gasteiger partial charge in [0.25, 0.3) is 0 Å². The fraction of sp³-hybridized carbons (Fsp3) is 0. The van der Waals surface area contributed by atoms with Gasteiger partial charge in [-0.3, -0.25) is 0 Å². The van der Waals surface area contributed by atoms with Crippen molar-refractivity contribution in [1.82, 2.24) is 0 Å². The first-order valence-electron chi connectivity index (χ1n) is 3.50. The molecule has 0 saturated carbocycles. The van der Waals surface area contributed by atoms with E-state index in [1.165, 1.54) is 0 Å². The fourth-order valence-corrected chi connectivity index (χ4v) is 0.973. The molecule has 0 unspecified atom stereocenters. The van der Waals surface area contributed by atoms with Crippen LogP contribution in [0.15, 0.2) is 6.07 Å². The Morgan fingerprint density at radius 1 is 1.00 bits per heavy atom. The molecule has 7 heteroatoms. The van der Waals surface area contributed by atoms with Crippen molar-refractivity contribution in [2.24, 2.45) is 0 Å². The van der Waals surface area contributed by atoms with Crippen molar-refractivity contribution in [2.75, 3.05) is 0 Å². The van der Waals surface area contributed by atoms with E-state index < -0.39 is 40.5 Å². The smallest absolute Gasteiger partial charge is 0.339 e. The SMILES string of the molecule is O=C(O)c1cc(F)c(F)c(F)c1C(=O)O. The number of hydrogen-bond acceptors (Lipinski definition) is 2. The first-order valence-corrected chi connectivity index (χ1v) is 3.50. The molecular weight excluding hydrogens is 217 g/mol. The van der Waals surface area contributed by atoms with Crippen LogP contribution >= 0.6 is 0 Å². The number of benzene rings is 1. The first-order chi connectivity index (χ1) is 6.86. The topological polar surface area (TPSA) is 74.6 Å². The molecule has 0 bridgehead atoms. The minimum absolute atomic E-state index is 0.115. The highest BCUT2D eigenvalue weighted by molar-refractivity contribution is 6.01. The summed E-state index contributed by atoms with van der Waals surface area (Å²) < 4.78 is 38.0. The maximum Gasteiger partial charge on any atom is 0.339 e. The molecule has 0 aromatic heterocycles. The molecule has 0 radical (unpaired) electrons. The molecule has 1 rings (SSSR count). The molecule has 1 aromatic carbocycles. The second-order valence-corrected chi connectivity index (χ2v) is 2.52.